The van der Waals surface area contributed by atoms with Crippen molar-refractivity contribution in [2.75, 3.05) is 18.6 Å². The van der Waals surface area contributed by atoms with Crippen LogP contribution >= 0.6 is 11.6 Å². The van der Waals surface area contributed by atoms with Crippen molar-refractivity contribution in [1.29, 1.82) is 0 Å². The predicted octanol–water partition coefficient (Wildman–Crippen LogP) is 1.80. The number of ether oxygens (including phenoxy) is 2. The average Bonchev–Trinajstić information content (AvgIpc) is 3.15. The molecule has 0 aromatic heterocycles. The van der Waals surface area contributed by atoms with Gasteiger partial charge in [0.25, 0.3) is 0 Å². The van der Waals surface area contributed by atoms with Gasteiger partial charge in [-0.2, -0.15) is 0 Å². The Balaban J connectivity index is 1.75. The quantitative estimate of drug-likeness (QED) is 0.616. The van der Waals surface area contributed by atoms with Crippen LogP contribution in [0, 0.1) is 11.8 Å². The summed E-state index contributed by atoms with van der Waals surface area (Å²) in [5, 5.41) is 0.500. The summed E-state index contributed by atoms with van der Waals surface area (Å²) >= 11 is 6.21. The Kier molecular flexibility index (Phi) is 2.86. The van der Waals surface area contributed by atoms with Gasteiger partial charge in [-0.3, -0.25) is 9.59 Å². The fraction of sp³-hybridized carbons (Fsp3) is 0.375. The number of halogens is 1. The molecule has 1 amide bonds. The number of benzene rings is 1. The highest BCUT2D eigenvalue weighted by Gasteiger charge is 2.67. The molecule has 6 heteroatoms. The highest BCUT2D eigenvalue weighted by molar-refractivity contribution is 6.34. The SMILES string of the molecule is COC(=O)[C@H]1[C@H]2C(=O)N(c3ccccc3Cl)C[C@]23C=C[C@H]1O3. The van der Waals surface area contributed by atoms with Crippen LogP contribution in [0.3, 0.4) is 0 Å². The van der Waals surface area contributed by atoms with E-state index < -0.39 is 23.4 Å². The molecule has 5 nitrogen and oxygen atoms in total. The van der Waals surface area contributed by atoms with E-state index in [1.807, 2.05) is 24.3 Å². The van der Waals surface area contributed by atoms with Crippen molar-refractivity contribution < 1.29 is 19.1 Å². The molecule has 0 N–H and O–H groups in total. The predicted molar refractivity (Wildman–Crippen MR) is 79.5 cm³/mol. The van der Waals surface area contributed by atoms with Gasteiger partial charge < -0.3 is 14.4 Å². The third-order valence-electron chi connectivity index (χ3n) is 4.72. The maximum absolute atomic E-state index is 12.9. The second-order valence-electron chi connectivity index (χ2n) is 5.80. The second kappa shape index (κ2) is 4.57. The fourth-order valence-corrected chi connectivity index (χ4v) is 4.02. The summed E-state index contributed by atoms with van der Waals surface area (Å²) < 4.78 is 10.8. The summed E-state index contributed by atoms with van der Waals surface area (Å²) in [6.45, 7) is 0.362. The molecule has 0 aliphatic carbocycles. The molecule has 0 saturated carbocycles. The molecule has 2 fully saturated rings. The molecule has 1 aromatic rings. The first-order valence-corrected chi connectivity index (χ1v) is 7.46. The molecule has 1 spiro atoms. The fourth-order valence-electron chi connectivity index (χ4n) is 3.78. The minimum absolute atomic E-state index is 0.143. The minimum Gasteiger partial charge on any atom is -0.469 e. The molecule has 3 aliphatic rings. The Morgan fingerprint density at radius 2 is 2.23 bits per heavy atom. The smallest absolute Gasteiger partial charge is 0.312 e. The lowest BCUT2D eigenvalue weighted by Gasteiger charge is -2.22. The maximum Gasteiger partial charge on any atom is 0.312 e. The lowest BCUT2D eigenvalue weighted by atomic mass is 9.77. The van der Waals surface area contributed by atoms with Crippen LogP contribution in [-0.2, 0) is 19.1 Å². The van der Waals surface area contributed by atoms with Crippen molar-refractivity contribution in [3.63, 3.8) is 0 Å². The average molecular weight is 320 g/mol. The van der Waals surface area contributed by atoms with E-state index in [2.05, 4.69) is 0 Å². The van der Waals surface area contributed by atoms with Gasteiger partial charge >= 0.3 is 5.97 Å². The number of carbonyl (C=O) groups is 2. The topological polar surface area (TPSA) is 55.8 Å². The van der Waals surface area contributed by atoms with Gasteiger partial charge in [0.2, 0.25) is 5.91 Å². The number of hydrogen-bond acceptors (Lipinski definition) is 4. The number of rotatable bonds is 2. The maximum atomic E-state index is 12.9. The van der Waals surface area contributed by atoms with E-state index >= 15 is 0 Å². The zero-order chi connectivity index (χ0) is 15.5. The molecular formula is C16H14ClNO4. The van der Waals surface area contributed by atoms with Crippen molar-refractivity contribution in [2.24, 2.45) is 11.8 Å². The number of amides is 1. The van der Waals surface area contributed by atoms with Crippen LogP contribution in [0.2, 0.25) is 5.02 Å². The molecule has 4 rings (SSSR count). The molecule has 0 unspecified atom stereocenters. The monoisotopic (exact) mass is 319 g/mol. The molecule has 3 aliphatic heterocycles. The summed E-state index contributed by atoms with van der Waals surface area (Å²) in [5.74, 6) is -1.69. The molecule has 22 heavy (non-hydrogen) atoms. The molecule has 0 radical (unpaired) electrons. The molecule has 1 aromatic carbocycles. The van der Waals surface area contributed by atoms with E-state index in [9.17, 15) is 9.59 Å². The zero-order valence-corrected chi connectivity index (χ0v) is 12.6. The van der Waals surface area contributed by atoms with Gasteiger partial charge in [-0.1, -0.05) is 35.9 Å². The number of carbonyl (C=O) groups excluding carboxylic acids is 2. The van der Waals surface area contributed by atoms with E-state index in [1.165, 1.54) is 7.11 Å². The first-order chi connectivity index (χ1) is 10.6. The second-order valence-corrected chi connectivity index (χ2v) is 6.21. The highest BCUT2D eigenvalue weighted by atomic mass is 35.5. The van der Waals surface area contributed by atoms with Crippen LogP contribution in [0.25, 0.3) is 0 Å². The first kappa shape index (κ1) is 13.8. The molecule has 2 saturated heterocycles. The van der Waals surface area contributed by atoms with E-state index in [0.717, 1.165) is 0 Å². The van der Waals surface area contributed by atoms with E-state index in [1.54, 1.807) is 17.0 Å². The number of hydrogen-bond donors (Lipinski definition) is 0. The minimum atomic E-state index is -0.750. The lowest BCUT2D eigenvalue weighted by Crippen LogP contribution is -2.39. The number of para-hydroxylation sites is 1. The van der Waals surface area contributed by atoms with Gasteiger partial charge in [-0.25, -0.2) is 0 Å². The Bertz CT molecular complexity index is 703. The van der Waals surface area contributed by atoms with Crippen LogP contribution in [0.1, 0.15) is 0 Å². The van der Waals surface area contributed by atoms with Crippen LogP contribution in [0.5, 0.6) is 0 Å². The molecule has 4 atom stereocenters. The van der Waals surface area contributed by atoms with Gasteiger partial charge in [0, 0.05) is 0 Å². The molecule has 2 bridgehead atoms. The number of methoxy groups -OCH3 is 1. The summed E-state index contributed by atoms with van der Waals surface area (Å²) in [7, 11) is 1.33. The molecule has 114 valence electrons. The summed E-state index contributed by atoms with van der Waals surface area (Å²) in [6, 6.07) is 7.17. The Morgan fingerprint density at radius 3 is 2.95 bits per heavy atom. The summed E-state index contributed by atoms with van der Waals surface area (Å²) in [5.41, 5.74) is -0.109. The van der Waals surface area contributed by atoms with Gasteiger partial charge in [-0.15, -0.1) is 0 Å². The van der Waals surface area contributed by atoms with Crippen molar-refractivity contribution in [3.8, 4) is 0 Å². The third kappa shape index (κ3) is 1.63. The number of anilines is 1. The van der Waals surface area contributed by atoms with Crippen LogP contribution in [0.15, 0.2) is 36.4 Å². The molecular weight excluding hydrogens is 306 g/mol. The highest BCUT2D eigenvalue weighted by Crippen LogP contribution is 2.53. The summed E-state index contributed by atoms with van der Waals surface area (Å²) in [6.07, 6.45) is 3.37. The van der Waals surface area contributed by atoms with Crippen molar-refractivity contribution in [1.82, 2.24) is 0 Å². The Hall–Kier alpha value is -1.85. The van der Waals surface area contributed by atoms with E-state index in [4.69, 9.17) is 21.1 Å². The van der Waals surface area contributed by atoms with E-state index in [0.29, 0.717) is 17.3 Å². The lowest BCUT2D eigenvalue weighted by molar-refractivity contribution is -0.149. The Labute approximate surface area is 132 Å². The van der Waals surface area contributed by atoms with E-state index in [-0.39, 0.29) is 12.0 Å². The van der Waals surface area contributed by atoms with Gasteiger partial charge in [0.05, 0.1) is 36.4 Å². The van der Waals surface area contributed by atoms with Gasteiger partial charge in [0.1, 0.15) is 11.5 Å². The van der Waals surface area contributed by atoms with Crippen molar-refractivity contribution in [3.05, 3.63) is 41.4 Å². The largest absolute Gasteiger partial charge is 0.469 e. The van der Waals surface area contributed by atoms with Gasteiger partial charge in [0.15, 0.2) is 0 Å². The van der Waals surface area contributed by atoms with Gasteiger partial charge in [-0.05, 0) is 12.1 Å². The molecule has 3 heterocycles. The van der Waals surface area contributed by atoms with Crippen molar-refractivity contribution >= 4 is 29.2 Å². The number of fused-ring (bicyclic) bond motifs is 1. The summed E-state index contributed by atoms with van der Waals surface area (Å²) in [4.78, 5) is 26.6. The van der Waals surface area contributed by atoms with Crippen LogP contribution < -0.4 is 4.90 Å². The van der Waals surface area contributed by atoms with Crippen LogP contribution in [0.4, 0.5) is 5.69 Å². The normalized spacial score (nSPS) is 35.1. The van der Waals surface area contributed by atoms with Crippen molar-refractivity contribution in [2.45, 2.75) is 11.7 Å². The number of esters is 1. The first-order valence-electron chi connectivity index (χ1n) is 7.08. The zero-order valence-electron chi connectivity index (χ0n) is 11.9. The standard InChI is InChI=1S/C16H14ClNO4/c1-21-15(20)12-11-6-7-16(22-11)8-18(14(19)13(12)16)10-5-3-2-4-9(10)17/h2-7,11-13H,8H2,1H3/t11-,12-,13+,16-/m1/s1. The van der Waals surface area contributed by atoms with Crippen LogP contribution in [-0.4, -0.2) is 37.2 Å². The third-order valence-corrected chi connectivity index (χ3v) is 5.04. The number of nitrogens with zero attached hydrogens (tertiary/aromatic N) is 1. The Morgan fingerprint density at radius 1 is 1.45 bits per heavy atom.